The number of benzene rings is 2. The molecular formula is C21H21NO2. The number of ether oxygens (including phenoxy) is 2. The van der Waals surface area contributed by atoms with Gasteiger partial charge in [0.05, 0.1) is 14.2 Å². The number of nitrogens with zero attached hydrogens (tertiary/aromatic N) is 1. The Balaban J connectivity index is 2.16. The zero-order valence-electron chi connectivity index (χ0n) is 14.2. The molecular weight excluding hydrogens is 298 g/mol. The van der Waals surface area contributed by atoms with Gasteiger partial charge in [-0.25, -0.2) is 0 Å². The molecule has 3 rings (SSSR count). The molecule has 1 aromatic heterocycles. The molecule has 122 valence electrons. The van der Waals surface area contributed by atoms with Crippen molar-refractivity contribution in [3.63, 3.8) is 0 Å². The monoisotopic (exact) mass is 319 g/mol. The van der Waals surface area contributed by atoms with Crippen molar-refractivity contribution in [2.24, 2.45) is 0 Å². The maximum Gasteiger partial charge on any atom is 0.118 e. The molecule has 0 unspecified atom stereocenters. The van der Waals surface area contributed by atoms with Gasteiger partial charge >= 0.3 is 0 Å². The topological polar surface area (TPSA) is 31.4 Å². The Morgan fingerprint density at radius 1 is 0.625 bits per heavy atom. The second-order valence-electron chi connectivity index (χ2n) is 5.82. The molecule has 0 saturated heterocycles. The summed E-state index contributed by atoms with van der Waals surface area (Å²) in [4.78, 5) is 4.16. The molecule has 3 aromatic rings. The van der Waals surface area contributed by atoms with Gasteiger partial charge in [0.25, 0.3) is 0 Å². The highest BCUT2D eigenvalue weighted by atomic mass is 16.5. The Morgan fingerprint density at radius 2 is 1.00 bits per heavy atom. The first-order chi connectivity index (χ1) is 11.7. The third-order valence-electron chi connectivity index (χ3n) is 4.59. The van der Waals surface area contributed by atoms with E-state index in [2.05, 4.69) is 48.3 Å². The van der Waals surface area contributed by atoms with Gasteiger partial charge in [-0.15, -0.1) is 0 Å². The highest BCUT2D eigenvalue weighted by Crippen LogP contribution is 2.39. The minimum Gasteiger partial charge on any atom is -0.497 e. The molecule has 0 aliphatic carbocycles. The summed E-state index contributed by atoms with van der Waals surface area (Å²) in [6.07, 6.45) is 3.67. The summed E-state index contributed by atoms with van der Waals surface area (Å²) >= 11 is 0. The first-order valence-electron chi connectivity index (χ1n) is 7.88. The normalized spacial score (nSPS) is 11.1. The first kappa shape index (κ1) is 16.1. The van der Waals surface area contributed by atoms with Crippen molar-refractivity contribution in [1.29, 1.82) is 0 Å². The van der Waals surface area contributed by atoms with Crippen molar-refractivity contribution in [3.05, 3.63) is 89.7 Å². The Kier molecular flexibility index (Phi) is 4.52. The molecule has 0 bridgehead atoms. The zero-order chi connectivity index (χ0) is 17.0. The van der Waals surface area contributed by atoms with Crippen molar-refractivity contribution in [1.82, 2.24) is 4.98 Å². The highest BCUT2D eigenvalue weighted by Gasteiger charge is 2.31. The van der Waals surface area contributed by atoms with Gasteiger partial charge in [0, 0.05) is 17.8 Å². The number of methoxy groups -OCH3 is 2. The van der Waals surface area contributed by atoms with Crippen LogP contribution in [0.25, 0.3) is 0 Å². The third kappa shape index (κ3) is 2.85. The molecule has 0 aliphatic rings. The summed E-state index contributed by atoms with van der Waals surface area (Å²) in [5, 5.41) is 0. The van der Waals surface area contributed by atoms with Gasteiger partial charge in [-0.3, -0.25) is 4.98 Å². The van der Waals surface area contributed by atoms with E-state index in [1.165, 1.54) is 16.7 Å². The fraction of sp³-hybridized carbons (Fsp3) is 0.190. The Labute approximate surface area is 142 Å². The Morgan fingerprint density at radius 3 is 1.38 bits per heavy atom. The van der Waals surface area contributed by atoms with E-state index in [4.69, 9.17) is 9.47 Å². The van der Waals surface area contributed by atoms with E-state index in [-0.39, 0.29) is 5.41 Å². The van der Waals surface area contributed by atoms with Crippen molar-refractivity contribution < 1.29 is 9.47 Å². The average Bonchev–Trinajstić information content (AvgIpc) is 2.68. The predicted octanol–water partition coefficient (Wildman–Crippen LogP) is 4.45. The van der Waals surface area contributed by atoms with Crippen molar-refractivity contribution in [2.45, 2.75) is 12.3 Å². The first-order valence-corrected chi connectivity index (χ1v) is 7.88. The van der Waals surface area contributed by atoms with Crippen LogP contribution in [0.1, 0.15) is 23.6 Å². The minimum absolute atomic E-state index is 0.290. The molecule has 1 heterocycles. The van der Waals surface area contributed by atoms with Crippen LogP contribution in [0.3, 0.4) is 0 Å². The van der Waals surface area contributed by atoms with Gasteiger partial charge in [0.15, 0.2) is 0 Å². The zero-order valence-corrected chi connectivity index (χ0v) is 14.2. The summed E-state index contributed by atoms with van der Waals surface area (Å²) in [7, 11) is 3.36. The van der Waals surface area contributed by atoms with Crippen molar-refractivity contribution in [3.8, 4) is 11.5 Å². The van der Waals surface area contributed by atoms with Gasteiger partial charge < -0.3 is 9.47 Å². The van der Waals surface area contributed by atoms with Crippen LogP contribution in [0.4, 0.5) is 0 Å². The average molecular weight is 319 g/mol. The standard InChI is InChI=1S/C21H21NO2/c1-21(18-12-14-22-15-13-18,16-4-8-19(23-2)9-5-16)17-6-10-20(24-3)11-7-17/h4-15H,1-3H3. The molecule has 0 spiro atoms. The van der Waals surface area contributed by atoms with Crippen LogP contribution >= 0.6 is 0 Å². The van der Waals surface area contributed by atoms with Crippen LogP contribution in [0, 0.1) is 0 Å². The molecule has 0 N–H and O–H groups in total. The van der Waals surface area contributed by atoms with Crippen LogP contribution in [-0.4, -0.2) is 19.2 Å². The second-order valence-corrected chi connectivity index (χ2v) is 5.82. The Bertz CT molecular complexity index is 733. The van der Waals surface area contributed by atoms with Crippen molar-refractivity contribution in [2.75, 3.05) is 14.2 Å². The van der Waals surface area contributed by atoms with E-state index in [0.717, 1.165) is 11.5 Å². The molecule has 0 fully saturated rings. The fourth-order valence-electron chi connectivity index (χ4n) is 3.03. The van der Waals surface area contributed by atoms with Crippen molar-refractivity contribution >= 4 is 0 Å². The number of rotatable bonds is 5. The van der Waals surface area contributed by atoms with E-state index in [0.29, 0.717) is 0 Å². The highest BCUT2D eigenvalue weighted by molar-refractivity contribution is 5.50. The van der Waals surface area contributed by atoms with E-state index < -0.39 is 0 Å². The van der Waals surface area contributed by atoms with Gasteiger partial charge in [-0.1, -0.05) is 24.3 Å². The SMILES string of the molecule is COc1ccc(C(C)(c2ccncc2)c2ccc(OC)cc2)cc1. The summed E-state index contributed by atoms with van der Waals surface area (Å²) in [5.74, 6) is 1.70. The van der Waals surface area contributed by atoms with Crippen LogP contribution < -0.4 is 9.47 Å². The lowest BCUT2D eigenvalue weighted by Crippen LogP contribution is -2.25. The van der Waals surface area contributed by atoms with Gasteiger partial charge in [-0.2, -0.15) is 0 Å². The fourth-order valence-corrected chi connectivity index (χ4v) is 3.03. The lowest BCUT2D eigenvalue weighted by Gasteiger charge is -2.32. The lowest BCUT2D eigenvalue weighted by molar-refractivity contribution is 0.414. The van der Waals surface area contributed by atoms with E-state index in [9.17, 15) is 0 Å². The number of hydrogen-bond acceptors (Lipinski definition) is 3. The quantitative estimate of drug-likeness (QED) is 0.696. The molecule has 3 heteroatoms. The van der Waals surface area contributed by atoms with E-state index in [1.54, 1.807) is 14.2 Å². The maximum absolute atomic E-state index is 5.30. The molecule has 3 nitrogen and oxygen atoms in total. The van der Waals surface area contributed by atoms with Crippen LogP contribution in [0.15, 0.2) is 73.1 Å². The summed E-state index contributed by atoms with van der Waals surface area (Å²) in [6.45, 7) is 2.23. The maximum atomic E-state index is 5.30. The summed E-state index contributed by atoms with van der Waals surface area (Å²) in [6, 6.07) is 20.6. The summed E-state index contributed by atoms with van der Waals surface area (Å²) in [5.41, 5.74) is 3.29. The lowest BCUT2D eigenvalue weighted by atomic mass is 9.71. The van der Waals surface area contributed by atoms with Gasteiger partial charge in [-0.05, 0) is 60.0 Å². The second kappa shape index (κ2) is 6.75. The largest absolute Gasteiger partial charge is 0.497 e. The number of aromatic nitrogens is 1. The molecule has 0 radical (unpaired) electrons. The molecule has 0 atom stereocenters. The third-order valence-corrected chi connectivity index (χ3v) is 4.59. The summed E-state index contributed by atoms with van der Waals surface area (Å²) < 4.78 is 10.6. The molecule has 0 saturated carbocycles. The smallest absolute Gasteiger partial charge is 0.118 e. The Hall–Kier alpha value is -2.81. The van der Waals surface area contributed by atoms with Gasteiger partial charge in [0.2, 0.25) is 0 Å². The predicted molar refractivity (Wildman–Crippen MR) is 95.8 cm³/mol. The van der Waals surface area contributed by atoms with E-state index >= 15 is 0 Å². The van der Waals surface area contributed by atoms with Crippen LogP contribution in [0.2, 0.25) is 0 Å². The van der Waals surface area contributed by atoms with Crippen LogP contribution in [-0.2, 0) is 5.41 Å². The van der Waals surface area contributed by atoms with E-state index in [1.807, 2.05) is 36.7 Å². The molecule has 0 amide bonds. The molecule has 2 aromatic carbocycles. The van der Waals surface area contributed by atoms with Crippen LogP contribution in [0.5, 0.6) is 11.5 Å². The minimum atomic E-state index is -0.290. The molecule has 24 heavy (non-hydrogen) atoms. The van der Waals surface area contributed by atoms with Gasteiger partial charge in [0.1, 0.15) is 11.5 Å². The number of pyridine rings is 1. The molecule has 0 aliphatic heterocycles. The number of hydrogen-bond donors (Lipinski definition) is 0.